The monoisotopic (exact) mass is 150 g/mol. The van der Waals surface area contributed by atoms with Crippen LogP contribution in [0.4, 0.5) is 0 Å². The number of hydrogen-bond acceptors (Lipinski definition) is 3. The van der Waals surface area contributed by atoms with E-state index in [-0.39, 0.29) is 0 Å². The summed E-state index contributed by atoms with van der Waals surface area (Å²) in [4.78, 5) is 6.42. The lowest BCUT2D eigenvalue weighted by atomic mass is 10.4. The molecule has 1 N–H and O–H groups in total. The minimum absolute atomic E-state index is 0.294. The van der Waals surface area contributed by atoms with Gasteiger partial charge in [0.05, 0.1) is 12.4 Å². The fourth-order valence-electron chi connectivity index (χ4n) is 1.53. The van der Waals surface area contributed by atoms with Crippen LogP contribution in [0.15, 0.2) is 11.2 Å². The largest absolute Gasteiger partial charge is 0.362 e. The van der Waals surface area contributed by atoms with Crippen molar-refractivity contribution in [1.82, 2.24) is 10.2 Å². The van der Waals surface area contributed by atoms with E-state index >= 15 is 0 Å². The van der Waals surface area contributed by atoms with Gasteiger partial charge in [-0.25, -0.2) is 0 Å². The molecule has 0 bridgehead atoms. The number of nitrogens with zero attached hydrogens (tertiary/aromatic N) is 2. The number of likely N-dealkylation sites (tertiary alicyclic amines) is 1. The molecule has 0 aromatic rings. The second-order valence-electron chi connectivity index (χ2n) is 2.90. The molecule has 2 aliphatic heterocycles. The van der Waals surface area contributed by atoms with E-state index in [0.29, 0.717) is 6.17 Å². The lowest BCUT2D eigenvalue weighted by Crippen LogP contribution is -2.44. The summed E-state index contributed by atoms with van der Waals surface area (Å²) >= 11 is 0. The van der Waals surface area contributed by atoms with Gasteiger partial charge in [-0.2, -0.15) is 0 Å². The molecule has 2 rings (SSSR count). The second kappa shape index (κ2) is 3.05. The van der Waals surface area contributed by atoms with Crippen LogP contribution in [0.1, 0.15) is 12.8 Å². The topological polar surface area (TPSA) is 27.6 Å². The Balaban J connectivity index is 1.94. The molecule has 0 aliphatic carbocycles. The highest BCUT2D eigenvalue weighted by atomic mass is 15.3. The maximum absolute atomic E-state index is 4.04. The first-order chi connectivity index (χ1) is 5.47. The van der Waals surface area contributed by atoms with Gasteiger partial charge in [0.25, 0.3) is 0 Å². The van der Waals surface area contributed by atoms with Gasteiger partial charge in [-0.3, -0.25) is 9.89 Å². The third-order valence-corrected chi connectivity index (χ3v) is 2.13. The Morgan fingerprint density at radius 1 is 1.45 bits per heavy atom. The molecule has 0 aromatic carbocycles. The Labute approximate surface area is 66.8 Å². The number of rotatable bonds is 1. The van der Waals surface area contributed by atoms with Crippen molar-refractivity contribution in [1.29, 1.82) is 0 Å². The van der Waals surface area contributed by atoms with Gasteiger partial charge in [0.2, 0.25) is 0 Å². The summed E-state index contributed by atoms with van der Waals surface area (Å²) in [7, 11) is 0. The number of aliphatic imine (C=N–C) groups is 1. The van der Waals surface area contributed by atoms with Crippen LogP contribution >= 0.6 is 0 Å². The molecule has 11 heavy (non-hydrogen) atoms. The third-order valence-electron chi connectivity index (χ3n) is 2.13. The van der Waals surface area contributed by atoms with E-state index in [2.05, 4.69) is 21.4 Å². The average molecular weight is 150 g/mol. The van der Waals surface area contributed by atoms with E-state index in [1.807, 2.05) is 6.21 Å². The lowest BCUT2D eigenvalue weighted by molar-refractivity contribution is 0.279. The molecule has 1 unspecified atom stereocenters. The zero-order valence-corrected chi connectivity index (χ0v) is 6.45. The number of nitrogens with one attached hydrogen (secondary N) is 1. The van der Waals surface area contributed by atoms with Gasteiger partial charge in [-0.1, -0.05) is 0 Å². The Morgan fingerprint density at radius 2 is 2.27 bits per heavy atom. The standard InChI is InChI=1S/C8H12N3/c1-2-6-11(5-1)8-7-9-3-4-10-8/h3,7-8,10H,1-2,5-6H2. The molecule has 1 fully saturated rings. The zero-order valence-electron chi connectivity index (χ0n) is 6.45. The van der Waals surface area contributed by atoms with Crippen molar-refractivity contribution in [2.75, 3.05) is 13.1 Å². The summed E-state index contributed by atoms with van der Waals surface area (Å²) in [6.07, 6.45) is 9.41. The first-order valence-corrected chi connectivity index (χ1v) is 4.07. The van der Waals surface area contributed by atoms with Crippen LogP contribution in [-0.2, 0) is 0 Å². The fourth-order valence-corrected chi connectivity index (χ4v) is 1.53. The van der Waals surface area contributed by atoms with Crippen molar-refractivity contribution in [2.45, 2.75) is 19.0 Å². The molecule has 59 valence electrons. The van der Waals surface area contributed by atoms with Crippen LogP contribution in [-0.4, -0.2) is 30.4 Å². The molecule has 0 saturated carbocycles. The van der Waals surface area contributed by atoms with Crippen LogP contribution < -0.4 is 5.32 Å². The molecule has 1 radical (unpaired) electrons. The van der Waals surface area contributed by atoms with Gasteiger partial charge in [-0.15, -0.1) is 0 Å². The SMILES string of the molecule is [C]1=CN=CC(N2CCCC2)N1. The zero-order chi connectivity index (χ0) is 7.52. The lowest BCUT2D eigenvalue weighted by Gasteiger charge is -2.24. The number of hydrogen-bond donors (Lipinski definition) is 1. The molecule has 1 atom stereocenters. The van der Waals surface area contributed by atoms with Gasteiger partial charge in [0.15, 0.2) is 0 Å². The van der Waals surface area contributed by atoms with Crippen LogP contribution in [0.5, 0.6) is 0 Å². The smallest absolute Gasteiger partial charge is 0.116 e. The van der Waals surface area contributed by atoms with E-state index in [0.717, 1.165) is 0 Å². The predicted molar refractivity (Wildman–Crippen MR) is 44.0 cm³/mol. The third kappa shape index (κ3) is 1.43. The van der Waals surface area contributed by atoms with Crippen molar-refractivity contribution in [3.05, 3.63) is 12.4 Å². The minimum Gasteiger partial charge on any atom is -0.362 e. The molecule has 3 nitrogen and oxygen atoms in total. The van der Waals surface area contributed by atoms with Gasteiger partial charge in [0, 0.05) is 19.3 Å². The highest BCUT2D eigenvalue weighted by Gasteiger charge is 2.19. The van der Waals surface area contributed by atoms with Crippen LogP contribution in [0.25, 0.3) is 0 Å². The van der Waals surface area contributed by atoms with Gasteiger partial charge < -0.3 is 5.32 Å². The maximum atomic E-state index is 4.04. The van der Waals surface area contributed by atoms with E-state index < -0.39 is 0 Å². The van der Waals surface area contributed by atoms with E-state index in [1.54, 1.807) is 6.20 Å². The normalized spacial score (nSPS) is 30.7. The Morgan fingerprint density at radius 3 is 2.91 bits per heavy atom. The molecule has 2 heterocycles. The summed E-state index contributed by atoms with van der Waals surface area (Å²) in [5, 5.41) is 3.13. The van der Waals surface area contributed by atoms with Crippen LogP contribution in [0.2, 0.25) is 0 Å². The van der Waals surface area contributed by atoms with Crippen molar-refractivity contribution >= 4 is 6.21 Å². The fraction of sp³-hybridized carbons (Fsp3) is 0.625. The highest BCUT2D eigenvalue weighted by molar-refractivity contribution is 5.65. The summed E-state index contributed by atoms with van der Waals surface area (Å²) in [6.45, 7) is 2.37. The summed E-state index contributed by atoms with van der Waals surface area (Å²) < 4.78 is 0. The molecule has 0 aromatic heterocycles. The first-order valence-electron chi connectivity index (χ1n) is 4.07. The van der Waals surface area contributed by atoms with Gasteiger partial charge in [0.1, 0.15) is 6.17 Å². The summed E-state index contributed by atoms with van der Waals surface area (Å²) in [5.74, 6) is 0. The molecule has 0 amide bonds. The van der Waals surface area contributed by atoms with E-state index in [1.165, 1.54) is 25.9 Å². The van der Waals surface area contributed by atoms with Crippen molar-refractivity contribution in [2.24, 2.45) is 4.99 Å². The quantitative estimate of drug-likeness (QED) is 0.584. The van der Waals surface area contributed by atoms with Crippen molar-refractivity contribution < 1.29 is 0 Å². The Bertz CT molecular complexity index is 180. The minimum atomic E-state index is 0.294. The Kier molecular flexibility index (Phi) is 1.90. The van der Waals surface area contributed by atoms with Crippen molar-refractivity contribution in [3.8, 4) is 0 Å². The van der Waals surface area contributed by atoms with Gasteiger partial charge in [-0.05, 0) is 12.8 Å². The van der Waals surface area contributed by atoms with Crippen LogP contribution in [0, 0.1) is 6.20 Å². The molecular formula is C8H12N3. The summed E-state index contributed by atoms with van der Waals surface area (Å²) in [5.41, 5.74) is 0. The second-order valence-corrected chi connectivity index (χ2v) is 2.90. The molecule has 0 spiro atoms. The predicted octanol–water partition coefficient (Wildman–Crippen LogP) is 0.357. The van der Waals surface area contributed by atoms with Crippen LogP contribution in [0.3, 0.4) is 0 Å². The molecule has 1 saturated heterocycles. The summed E-state index contributed by atoms with van der Waals surface area (Å²) in [6, 6.07) is 0. The van der Waals surface area contributed by atoms with Gasteiger partial charge >= 0.3 is 0 Å². The average Bonchev–Trinajstić information content (AvgIpc) is 2.58. The molecule has 2 aliphatic rings. The Hall–Kier alpha value is -0.830. The van der Waals surface area contributed by atoms with Crippen molar-refractivity contribution in [3.63, 3.8) is 0 Å². The van der Waals surface area contributed by atoms with E-state index in [9.17, 15) is 0 Å². The molecule has 3 heteroatoms. The van der Waals surface area contributed by atoms with E-state index in [4.69, 9.17) is 0 Å². The maximum Gasteiger partial charge on any atom is 0.116 e. The first kappa shape index (κ1) is 6.85. The molecular weight excluding hydrogens is 138 g/mol. The highest BCUT2D eigenvalue weighted by Crippen LogP contribution is 2.09.